The van der Waals surface area contributed by atoms with Crippen LogP contribution in [0.2, 0.25) is 0 Å². The molecule has 140 valence electrons. The lowest BCUT2D eigenvalue weighted by Gasteiger charge is -2.10. The van der Waals surface area contributed by atoms with E-state index in [1.807, 2.05) is 36.4 Å². The van der Waals surface area contributed by atoms with Gasteiger partial charge in [-0.25, -0.2) is 0 Å². The Morgan fingerprint density at radius 3 is 2.14 bits per heavy atom. The molecule has 0 bridgehead atoms. The van der Waals surface area contributed by atoms with Crippen molar-refractivity contribution in [2.75, 3.05) is 0 Å². The van der Waals surface area contributed by atoms with Crippen LogP contribution in [0.25, 0.3) is 11.1 Å². The number of aliphatic carboxylic acids is 2. The van der Waals surface area contributed by atoms with Crippen LogP contribution in [0, 0.1) is 0 Å². The Balaban J connectivity index is 2.00. The van der Waals surface area contributed by atoms with Crippen LogP contribution in [-0.4, -0.2) is 22.2 Å². The highest BCUT2D eigenvalue weighted by molar-refractivity contribution is 5.79. The van der Waals surface area contributed by atoms with Gasteiger partial charge in [-0.05, 0) is 46.5 Å². The topological polar surface area (TPSA) is 99.3 Å². The molecule has 0 spiro atoms. The Morgan fingerprint density at radius 1 is 0.714 bits per heavy atom. The molecule has 0 amide bonds. The summed E-state index contributed by atoms with van der Waals surface area (Å²) in [7, 11) is 0. The summed E-state index contributed by atoms with van der Waals surface area (Å²) in [5, 5.41) is 26.7. The van der Waals surface area contributed by atoms with Crippen LogP contribution in [0.1, 0.15) is 11.1 Å². The standard InChI is InChI=1S/C22H18N2O4/c25-21(26)12-15-5-4-6-16(11-15)20-14-19(10-9-17(20)13-22(27)28)24-23-18-7-2-1-3-8-18/h1-11,14H,12-13H2,(H,25,26)(H,27,28)/b24-23+. The quantitative estimate of drug-likeness (QED) is 0.567. The fraction of sp³-hybridized carbons (Fsp3) is 0.0909. The van der Waals surface area contributed by atoms with Gasteiger partial charge in [0.2, 0.25) is 0 Å². The Kier molecular flexibility index (Phi) is 5.91. The van der Waals surface area contributed by atoms with Crippen molar-refractivity contribution in [1.82, 2.24) is 0 Å². The van der Waals surface area contributed by atoms with Gasteiger partial charge < -0.3 is 10.2 Å². The SMILES string of the molecule is O=C(O)Cc1cccc(-c2cc(/N=N/c3ccccc3)ccc2CC(=O)O)c1. The minimum atomic E-state index is -0.943. The summed E-state index contributed by atoms with van der Waals surface area (Å²) in [5.74, 6) is -1.87. The maximum absolute atomic E-state index is 11.2. The molecule has 0 aliphatic heterocycles. The van der Waals surface area contributed by atoms with E-state index < -0.39 is 11.9 Å². The number of rotatable bonds is 7. The van der Waals surface area contributed by atoms with Crippen molar-refractivity contribution in [3.8, 4) is 11.1 Å². The van der Waals surface area contributed by atoms with Crippen LogP contribution in [0.15, 0.2) is 83.0 Å². The second-order valence-electron chi connectivity index (χ2n) is 6.22. The minimum absolute atomic E-state index is 0.102. The summed E-state index contributed by atoms with van der Waals surface area (Å²) in [4.78, 5) is 22.2. The largest absolute Gasteiger partial charge is 0.481 e. The predicted molar refractivity (Wildman–Crippen MR) is 105 cm³/mol. The zero-order chi connectivity index (χ0) is 19.9. The Hall–Kier alpha value is -3.80. The molecule has 2 N–H and O–H groups in total. The van der Waals surface area contributed by atoms with Crippen LogP contribution in [0.4, 0.5) is 11.4 Å². The molecule has 0 fully saturated rings. The van der Waals surface area contributed by atoms with E-state index in [0.29, 0.717) is 28.1 Å². The molecule has 28 heavy (non-hydrogen) atoms. The third kappa shape index (κ3) is 5.11. The van der Waals surface area contributed by atoms with Gasteiger partial charge in [0, 0.05) is 0 Å². The highest BCUT2D eigenvalue weighted by Crippen LogP contribution is 2.30. The summed E-state index contributed by atoms with van der Waals surface area (Å²) >= 11 is 0. The number of benzene rings is 3. The van der Waals surface area contributed by atoms with Gasteiger partial charge in [0.05, 0.1) is 24.2 Å². The fourth-order valence-corrected chi connectivity index (χ4v) is 2.85. The van der Waals surface area contributed by atoms with Gasteiger partial charge in [0.1, 0.15) is 0 Å². The average molecular weight is 374 g/mol. The zero-order valence-corrected chi connectivity index (χ0v) is 14.9. The van der Waals surface area contributed by atoms with Gasteiger partial charge in [0.15, 0.2) is 0 Å². The first-order valence-electron chi connectivity index (χ1n) is 8.64. The van der Waals surface area contributed by atoms with Crippen LogP contribution >= 0.6 is 0 Å². The van der Waals surface area contributed by atoms with E-state index in [1.54, 1.807) is 36.4 Å². The number of azo groups is 1. The number of carbonyl (C=O) groups is 2. The Labute approximate surface area is 161 Å². The lowest BCUT2D eigenvalue weighted by Crippen LogP contribution is -2.02. The predicted octanol–water partition coefficient (Wildman–Crippen LogP) is 5.02. The molecule has 0 unspecified atom stereocenters. The van der Waals surface area contributed by atoms with Crippen molar-refractivity contribution in [2.24, 2.45) is 10.2 Å². The van der Waals surface area contributed by atoms with Gasteiger partial charge in [-0.2, -0.15) is 10.2 Å². The molecular weight excluding hydrogens is 356 g/mol. The van der Waals surface area contributed by atoms with Crippen LogP contribution in [0.5, 0.6) is 0 Å². The second-order valence-corrected chi connectivity index (χ2v) is 6.22. The van der Waals surface area contributed by atoms with Gasteiger partial charge in [-0.3, -0.25) is 9.59 Å². The number of nitrogens with zero attached hydrogens (tertiary/aromatic N) is 2. The lowest BCUT2D eigenvalue weighted by molar-refractivity contribution is -0.137. The van der Waals surface area contributed by atoms with E-state index in [4.69, 9.17) is 5.11 Å². The maximum atomic E-state index is 11.2. The first kappa shape index (κ1) is 19.0. The third-order valence-corrected chi connectivity index (χ3v) is 4.07. The maximum Gasteiger partial charge on any atom is 0.307 e. The molecule has 3 aromatic carbocycles. The highest BCUT2D eigenvalue weighted by atomic mass is 16.4. The van der Waals surface area contributed by atoms with Gasteiger partial charge in [-0.15, -0.1) is 0 Å². The average Bonchev–Trinajstić information content (AvgIpc) is 2.67. The number of hydrogen-bond acceptors (Lipinski definition) is 4. The third-order valence-electron chi connectivity index (χ3n) is 4.07. The van der Waals surface area contributed by atoms with Crippen LogP contribution in [-0.2, 0) is 22.4 Å². The van der Waals surface area contributed by atoms with Gasteiger partial charge in [0.25, 0.3) is 0 Å². The second kappa shape index (κ2) is 8.73. The fourth-order valence-electron chi connectivity index (χ4n) is 2.85. The molecule has 0 radical (unpaired) electrons. The zero-order valence-electron chi connectivity index (χ0n) is 14.9. The van der Waals surface area contributed by atoms with E-state index in [-0.39, 0.29) is 12.8 Å². The van der Waals surface area contributed by atoms with Crippen molar-refractivity contribution in [2.45, 2.75) is 12.8 Å². The molecule has 6 heteroatoms. The summed E-state index contributed by atoms with van der Waals surface area (Å²) in [6.07, 6.45) is -0.246. The van der Waals surface area contributed by atoms with Crippen LogP contribution < -0.4 is 0 Å². The molecule has 3 aromatic rings. The number of carboxylic acid groups (broad SMARTS) is 2. The van der Waals surface area contributed by atoms with E-state index in [2.05, 4.69) is 10.2 Å². The van der Waals surface area contributed by atoms with Crippen molar-refractivity contribution in [1.29, 1.82) is 0 Å². The van der Waals surface area contributed by atoms with E-state index in [9.17, 15) is 14.7 Å². The van der Waals surface area contributed by atoms with Crippen molar-refractivity contribution >= 4 is 23.3 Å². The Bertz CT molecular complexity index is 1030. The monoisotopic (exact) mass is 374 g/mol. The number of hydrogen-bond donors (Lipinski definition) is 2. The van der Waals surface area contributed by atoms with E-state index in [1.165, 1.54) is 0 Å². The molecule has 6 nitrogen and oxygen atoms in total. The Morgan fingerprint density at radius 2 is 1.43 bits per heavy atom. The number of carboxylic acids is 2. The smallest absolute Gasteiger partial charge is 0.307 e. The van der Waals surface area contributed by atoms with E-state index in [0.717, 1.165) is 5.56 Å². The van der Waals surface area contributed by atoms with E-state index >= 15 is 0 Å². The first-order chi connectivity index (χ1) is 13.5. The summed E-state index contributed by atoms with van der Waals surface area (Å²) in [6.45, 7) is 0. The molecule has 0 saturated heterocycles. The molecule has 0 saturated carbocycles. The molecule has 0 atom stereocenters. The molecule has 0 heterocycles. The minimum Gasteiger partial charge on any atom is -0.481 e. The molecule has 0 aliphatic rings. The van der Waals surface area contributed by atoms with Gasteiger partial charge in [-0.1, -0.05) is 48.5 Å². The highest BCUT2D eigenvalue weighted by Gasteiger charge is 2.11. The van der Waals surface area contributed by atoms with Crippen molar-refractivity contribution in [3.63, 3.8) is 0 Å². The summed E-state index contributed by atoms with van der Waals surface area (Å²) in [6, 6.07) is 21.6. The summed E-state index contributed by atoms with van der Waals surface area (Å²) in [5.41, 5.74) is 3.99. The molecule has 0 aliphatic carbocycles. The van der Waals surface area contributed by atoms with Gasteiger partial charge >= 0.3 is 11.9 Å². The van der Waals surface area contributed by atoms with Crippen molar-refractivity contribution < 1.29 is 19.8 Å². The normalized spacial score (nSPS) is 10.9. The van der Waals surface area contributed by atoms with Crippen molar-refractivity contribution in [3.05, 3.63) is 83.9 Å². The van der Waals surface area contributed by atoms with Crippen LogP contribution in [0.3, 0.4) is 0 Å². The molecule has 0 aromatic heterocycles. The molecular formula is C22H18N2O4. The lowest BCUT2D eigenvalue weighted by atomic mass is 9.95. The molecule has 3 rings (SSSR count). The first-order valence-corrected chi connectivity index (χ1v) is 8.64. The summed E-state index contributed by atoms with van der Waals surface area (Å²) < 4.78 is 0.